The smallest absolute Gasteiger partial charge is 0.138 e. The highest BCUT2D eigenvalue weighted by molar-refractivity contribution is 4.95. The molecule has 1 N–H and O–H groups in total. The van der Waals surface area contributed by atoms with Gasteiger partial charge in [0.05, 0.1) is 5.60 Å². The molecule has 5 nitrogen and oxygen atoms in total. The van der Waals surface area contributed by atoms with E-state index in [-0.39, 0.29) is 0 Å². The van der Waals surface area contributed by atoms with Crippen LogP contribution in [0.4, 0.5) is 0 Å². The number of aromatic nitrogens is 3. The van der Waals surface area contributed by atoms with Crippen LogP contribution in [0.5, 0.6) is 0 Å². The Morgan fingerprint density at radius 3 is 2.88 bits per heavy atom. The summed E-state index contributed by atoms with van der Waals surface area (Å²) in [6.07, 6.45) is 4.90. The summed E-state index contributed by atoms with van der Waals surface area (Å²) in [5.41, 5.74) is -0.606. The van der Waals surface area contributed by atoms with Gasteiger partial charge in [0, 0.05) is 20.0 Å². The first-order valence-electron chi connectivity index (χ1n) is 6.40. The van der Waals surface area contributed by atoms with E-state index >= 15 is 0 Å². The molecule has 5 heteroatoms. The Hall–Kier alpha value is -0.940. The lowest BCUT2D eigenvalue weighted by molar-refractivity contribution is 0.0232. The maximum Gasteiger partial charge on any atom is 0.138 e. The van der Waals surface area contributed by atoms with Crippen molar-refractivity contribution in [3.63, 3.8) is 0 Å². The summed E-state index contributed by atoms with van der Waals surface area (Å²) in [6, 6.07) is 0. The van der Waals surface area contributed by atoms with E-state index in [9.17, 15) is 5.11 Å². The molecular weight excluding hydrogens is 216 g/mol. The highest BCUT2D eigenvalue weighted by Gasteiger charge is 2.31. The highest BCUT2D eigenvalue weighted by atomic mass is 16.3. The maximum absolute atomic E-state index is 10.7. The van der Waals surface area contributed by atoms with E-state index in [1.807, 2.05) is 7.05 Å². The van der Waals surface area contributed by atoms with Crippen LogP contribution in [0, 0.1) is 0 Å². The average molecular weight is 238 g/mol. The molecule has 1 aromatic heterocycles. The quantitative estimate of drug-likeness (QED) is 0.837. The second-order valence-corrected chi connectivity index (χ2v) is 4.99. The number of hydrogen-bond acceptors (Lipinski definition) is 4. The second-order valence-electron chi connectivity index (χ2n) is 4.99. The Balaban J connectivity index is 2.01. The van der Waals surface area contributed by atoms with E-state index in [1.165, 1.54) is 0 Å². The predicted octanol–water partition coefficient (Wildman–Crippen LogP) is 0.594. The zero-order valence-corrected chi connectivity index (χ0v) is 10.8. The lowest BCUT2D eigenvalue weighted by Gasteiger charge is -2.26. The molecule has 0 amide bonds. The average Bonchev–Trinajstić information content (AvgIpc) is 2.60. The predicted molar refractivity (Wildman–Crippen MR) is 65.6 cm³/mol. The van der Waals surface area contributed by atoms with Crippen molar-refractivity contribution in [2.24, 2.45) is 7.05 Å². The molecule has 1 aliphatic rings. The molecule has 0 aliphatic carbocycles. The molecule has 1 fully saturated rings. The van der Waals surface area contributed by atoms with Gasteiger partial charge in [-0.2, -0.15) is 5.10 Å². The van der Waals surface area contributed by atoms with Gasteiger partial charge in [-0.15, -0.1) is 0 Å². The molecule has 1 aromatic rings. The third-order valence-electron chi connectivity index (χ3n) is 3.75. The number of aliphatic hydroxyl groups is 1. The number of hydrogen-bond donors (Lipinski definition) is 1. The van der Waals surface area contributed by atoms with Crippen LogP contribution >= 0.6 is 0 Å². The standard InChI is InChI=1S/C12H22N4O/c1-3-16-7-4-5-12(17,6-8-16)9-11-13-10-14-15(11)2/h10,17H,3-9H2,1-2H3. The number of rotatable bonds is 3. The van der Waals surface area contributed by atoms with E-state index in [0.717, 1.165) is 44.7 Å². The summed E-state index contributed by atoms with van der Waals surface area (Å²) in [5, 5.41) is 14.7. The van der Waals surface area contributed by atoms with Crippen molar-refractivity contribution in [3.05, 3.63) is 12.2 Å². The summed E-state index contributed by atoms with van der Waals surface area (Å²) in [5.74, 6) is 0.873. The summed E-state index contributed by atoms with van der Waals surface area (Å²) in [7, 11) is 1.88. The van der Waals surface area contributed by atoms with Crippen LogP contribution in [0.2, 0.25) is 0 Å². The van der Waals surface area contributed by atoms with Crippen LogP contribution in [0.1, 0.15) is 32.0 Å². The molecule has 96 valence electrons. The molecule has 0 spiro atoms. The largest absolute Gasteiger partial charge is 0.389 e. The fraction of sp³-hybridized carbons (Fsp3) is 0.833. The molecule has 0 saturated carbocycles. The zero-order valence-electron chi connectivity index (χ0n) is 10.8. The van der Waals surface area contributed by atoms with Gasteiger partial charge < -0.3 is 10.0 Å². The van der Waals surface area contributed by atoms with Gasteiger partial charge in [0.15, 0.2) is 0 Å². The molecular formula is C12H22N4O. The van der Waals surface area contributed by atoms with Crippen LogP contribution in [-0.2, 0) is 13.5 Å². The maximum atomic E-state index is 10.7. The van der Waals surface area contributed by atoms with Crippen molar-refractivity contribution in [3.8, 4) is 0 Å². The Morgan fingerprint density at radius 1 is 1.41 bits per heavy atom. The highest BCUT2D eigenvalue weighted by Crippen LogP contribution is 2.25. The van der Waals surface area contributed by atoms with E-state index in [4.69, 9.17) is 0 Å². The first-order valence-corrected chi connectivity index (χ1v) is 6.40. The minimum atomic E-state index is -0.606. The van der Waals surface area contributed by atoms with E-state index in [0.29, 0.717) is 6.42 Å². The zero-order chi connectivity index (χ0) is 12.3. The molecule has 17 heavy (non-hydrogen) atoms. The Labute approximate surface area is 102 Å². The molecule has 1 atom stereocenters. The van der Waals surface area contributed by atoms with Crippen molar-refractivity contribution in [1.82, 2.24) is 19.7 Å². The van der Waals surface area contributed by atoms with Crippen LogP contribution in [0.15, 0.2) is 6.33 Å². The van der Waals surface area contributed by atoms with Gasteiger partial charge in [-0.05, 0) is 32.4 Å². The van der Waals surface area contributed by atoms with Gasteiger partial charge in [0.1, 0.15) is 12.2 Å². The van der Waals surface area contributed by atoms with E-state index in [2.05, 4.69) is 21.9 Å². The first-order chi connectivity index (χ1) is 8.13. The van der Waals surface area contributed by atoms with Crippen molar-refractivity contribution in [2.75, 3.05) is 19.6 Å². The third-order valence-corrected chi connectivity index (χ3v) is 3.75. The minimum Gasteiger partial charge on any atom is -0.389 e. The summed E-state index contributed by atoms with van der Waals surface area (Å²) >= 11 is 0. The Kier molecular flexibility index (Phi) is 3.79. The summed E-state index contributed by atoms with van der Waals surface area (Å²) in [6.45, 7) is 5.32. The van der Waals surface area contributed by atoms with Gasteiger partial charge in [-0.3, -0.25) is 4.68 Å². The van der Waals surface area contributed by atoms with Crippen molar-refractivity contribution in [2.45, 2.75) is 38.2 Å². The van der Waals surface area contributed by atoms with Crippen molar-refractivity contribution in [1.29, 1.82) is 0 Å². The molecule has 1 saturated heterocycles. The SMILES string of the molecule is CCN1CCCC(O)(Cc2ncnn2C)CC1. The minimum absolute atomic E-state index is 0.606. The molecule has 2 rings (SSSR count). The second kappa shape index (κ2) is 5.14. The van der Waals surface area contributed by atoms with Gasteiger partial charge in [0.25, 0.3) is 0 Å². The van der Waals surface area contributed by atoms with Crippen LogP contribution in [0.25, 0.3) is 0 Å². The lowest BCUT2D eigenvalue weighted by Crippen LogP contribution is -2.34. The molecule has 0 bridgehead atoms. The number of aryl methyl sites for hydroxylation is 1. The molecule has 2 heterocycles. The van der Waals surface area contributed by atoms with Crippen molar-refractivity contribution < 1.29 is 5.11 Å². The van der Waals surface area contributed by atoms with Gasteiger partial charge >= 0.3 is 0 Å². The van der Waals surface area contributed by atoms with Gasteiger partial charge in [0.2, 0.25) is 0 Å². The monoisotopic (exact) mass is 238 g/mol. The molecule has 1 unspecified atom stereocenters. The summed E-state index contributed by atoms with van der Waals surface area (Å²) in [4.78, 5) is 6.60. The third kappa shape index (κ3) is 3.04. The van der Waals surface area contributed by atoms with Crippen LogP contribution < -0.4 is 0 Å². The molecule has 0 aromatic carbocycles. The van der Waals surface area contributed by atoms with Gasteiger partial charge in [-0.1, -0.05) is 6.92 Å². The Bertz CT molecular complexity index is 365. The molecule has 0 radical (unpaired) electrons. The van der Waals surface area contributed by atoms with E-state index < -0.39 is 5.60 Å². The number of likely N-dealkylation sites (tertiary alicyclic amines) is 1. The summed E-state index contributed by atoms with van der Waals surface area (Å²) < 4.78 is 1.75. The van der Waals surface area contributed by atoms with E-state index in [1.54, 1.807) is 11.0 Å². The fourth-order valence-corrected chi connectivity index (χ4v) is 2.50. The first kappa shape index (κ1) is 12.5. The van der Waals surface area contributed by atoms with Gasteiger partial charge in [-0.25, -0.2) is 4.98 Å². The topological polar surface area (TPSA) is 54.2 Å². The lowest BCUT2D eigenvalue weighted by atomic mass is 9.91. The normalized spacial score (nSPS) is 27.0. The van der Waals surface area contributed by atoms with Crippen LogP contribution in [0.3, 0.4) is 0 Å². The fourth-order valence-electron chi connectivity index (χ4n) is 2.50. The van der Waals surface area contributed by atoms with Crippen LogP contribution in [-0.4, -0.2) is 50.0 Å². The van der Waals surface area contributed by atoms with Crippen molar-refractivity contribution >= 4 is 0 Å². The number of nitrogens with zero attached hydrogens (tertiary/aromatic N) is 4. The Morgan fingerprint density at radius 2 is 2.24 bits per heavy atom. The molecule has 1 aliphatic heterocycles.